The average Bonchev–Trinajstić information content (AvgIpc) is 2.38. The van der Waals surface area contributed by atoms with Gasteiger partial charge in [-0.15, -0.1) is 0 Å². The second kappa shape index (κ2) is 7.05. The molecule has 5 nitrogen and oxygen atoms in total. The summed E-state index contributed by atoms with van der Waals surface area (Å²) in [5.74, 6) is -1.29. The summed E-state index contributed by atoms with van der Waals surface area (Å²) in [6.07, 6.45) is 0.881. The van der Waals surface area contributed by atoms with E-state index in [1.54, 1.807) is 12.1 Å². The van der Waals surface area contributed by atoms with E-state index in [1.165, 1.54) is 0 Å². The summed E-state index contributed by atoms with van der Waals surface area (Å²) in [5, 5.41) is 8.99. The number of carbonyl (C=O) groups excluding carboxylic acids is 1. The molecule has 5 heteroatoms. The van der Waals surface area contributed by atoms with Gasteiger partial charge in [-0.25, -0.2) is 0 Å². The zero-order chi connectivity index (χ0) is 15.3. The van der Waals surface area contributed by atoms with Gasteiger partial charge in [0, 0.05) is 18.2 Å². The minimum atomic E-state index is -0.836. The summed E-state index contributed by atoms with van der Waals surface area (Å²) in [6, 6.07) is 5.45. The predicted molar refractivity (Wildman–Crippen MR) is 77.5 cm³/mol. The number of benzene rings is 1. The summed E-state index contributed by atoms with van der Waals surface area (Å²) in [4.78, 5) is 24.0. The molecule has 0 radical (unpaired) electrons. The molecule has 0 aliphatic heterocycles. The maximum absolute atomic E-state index is 11.1. The number of carboxylic acid groups (broad SMARTS) is 1. The van der Waals surface area contributed by atoms with E-state index >= 15 is 0 Å². The van der Waals surface area contributed by atoms with Gasteiger partial charge in [-0.05, 0) is 43.5 Å². The molecule has 1 aromatic rings. The van der Waals surface area contributed by atoms with Crippen LogP contribution in [0.2, 0.25) is 0 Å². The summed E-state index contributed by atoms with van der Waals surface area (Å²) in [7, 11) is 0. The molecule has 0 saturated carbocycles. The number of hydrogen-bond donors (Lipinski definition) is 2. The highest BCUT2D eigenvalue weighted by Gasteiger charge is 2.17. The highest BCUT2D eigenvalue weighted by atomic mass is 16.4. The molecule has 1 rings (SSSR count). The Balaban J connectivity index is 2.93. The first-order chi connectivity index (χ1) is 9.35. The third-order valence-electron chi connectivity index (χ3n) is 3.55. The van der Waals surface area contributed by atoms with Gasteiger partial charge in [0.15, 0.2) is 0 Å². The second-order valence-corrected chi connectivity index (χ2v) is 5.06. The molecule has 1 amide bonds. The van der Waals surface area contributed by atoms with Crippen LogP contribution < -0.4 is 5.73 Å². The lowest BCUT2D eigenvalue weighted by Crippen LogP contribution is -2.36. The summed E-state index contributed by atoms with van der Waals surface area (Å²) in [6.45, 7) is 6.49. The van der Waals surface area contributed by atoms with E-state index in [1.807, 2.05) is 31.7 Å². The van der Waals surface area contributed by atoms with Crippen molar-refractivity contribution in [3.8, 4) is 0 Å². The molecule has 0 aliphatic rings. The normalized spacial score (nSPS) is 12.4. The van der Waals surface area contributed by atoms with Gasteiger partial charge >= 0.3 is 5.97 Å². The standard InChI is InChI=1S/C15H22N2O3/c1-4-11(3)17(9-14(18)19)8-13-6-5-12(15(16)20)7-10(13)2/h5-7,11H,4,8-9H2,1-3H3,(H2,16,20)(H,18,19). The maximum Gasteiger partial charge on any atom is 0.317 e. The molecule has 0 fully saturated rings. The Hall–Kier alpha value is -1.88. The molecular weight excluding hydrogens is 256 g/mol. The highest BCUT2D eigenvalue weighted by Crippen LogP contribution is 2.16. The maximum atomic E-state index is 11.1. The summed E-state index contributed by atoms with van der Waals surface area (Å²) in [5.41, 5.74) is 7.67. The third-order valence-corrected chi connectivity index (χ3v) is 3.55. The Bertz CT molecular complexity index is 500. The van der Waals surface area contributed by atoms with Crippen LogP contribution in [0.25, 0.3) is 0 Å². The Morgan fingerprint density at radius 1 is 1.40 bits per heavy atom. The molecule has 0 spiro atoms. The fraction of sp³-hybridized carbons (Fsp3) is 0.467. The average molecular weight is 278 g/mol. The van der Waals surface area contributed by atoms with E-state index in [9.17, 15) is 9.59 Å². The molecule has 1 aromatic carbocycles. The quantitative estimate of drug-likeness (QED) is 0.796. The van der Waals surface area contributed by atoms with E-state index in [0.717, 1.165) is 17.5 Å². The van der Waals surface area contributed by atoms with Crippen molar-refractivity contribution in [3.63, 3.8) is 0 Å². The minimum Gasteiger partial charge on any atom is -0.480 e. The van der Waals surface area contributed by atoms with Crippen molar-refractivity contribution in [1.29, 1.82) is 0 Å². The van der Waals surface area contributed by atoms with Crippen molar-refractivity contribution in [1.82, 2.24) is 4.90 Å². The van der Waals surface area contributed by atoms with Crippen LogP contribution >= 0.6 is 0 Å². The number of aryl methyl sites for hydroxylation is 1. The number of rotatable bonds is 7. The van der Waals surface area contributed by atoms with E-state index in [0.29, 0.717) is 12.1 Å². The smallest absolute Gasteiger partial charge is 0.317 e. The topological polar surface area (TPSA) is 83.6 Å². The molecule has 0 saturated heterocycles. The van der Waals surface area contributed by atoms with Gasteiger partial charge in [0.2, 0.25) is 5.91 Å². The number of amides is 1. The second-order valence-electron chi connectivity index (χ2n) is 5.06. The highest BCUT2D eigenvalue weighted by molar-refractivity contribution is 5.93. The number of hydrogen-bond acceptors (Lipinski definition) is 3. The van der Waals surface area contributed by atoms with Crippen LogP contribution in [0, 0.1) is 6.92 Å². The number of primary amides is 1. The van der Waals surface area contributed by atoms with Gasteiger partial charge in [0.25, 0.3) is 0 Å². The lowest BCUT2D eigenvalue weighted by molar-refractivity contribution is -0.139. The van der Waals surface area contributed by atoms with Crippen LogP contribution in [0.1, 0.15) is 41.8 Å². The fourth-order valence-corrected chi connectivity index (χ4v) is 2.04. The van der Waals surface area contributed by atoms with Gasteiger partial charge in [-0.3, -0.25) is 14.5 Å². The monoisotopic (exact) mass is 278 g/mol. The molecule has 1 atom stereocenters. The SMILES string of the molecule is CCC(C)N(CC(=O)O)Cc1ccc(C(N)=O)cc1C. The molecular formula is C15H22N2O3. The van der Waals surface area contributed by atoms with Crippen LogP contribution in [-0.2, 0) is 11.3 Å². The molecule has 1 unspecified atom stereocenters. The largest absolute Gasteiger partial charge is 0.480 e. The van der Waals surface area contributed by atoms with Crippen molar-refractivity contribution in [3.05, 3.63) is 34.9 Å². The molecule has 0 aliphatic carbocycles. The van der Waals surface area contributed by atoms with Crippen LogP contribution in [-0.4, -0.2) is 34.5 Å². The summed E-state index contributed by atoms with van der Waals surface area (Å²) < 4.78 is 0. The van der Waals surface area contributed by atoms with Crippen molar-refractivity contribution >= 4 is 11.9 Å². The zero-order valence-corrected chi connectivity index (χ0v) is 12.2. The molecule has 0 heterocycles. The van der Waals surface area contributed by atoms with Crippen LogP contribution in [0.4, 0.5) is 0 Å². The van der Waals surface area contributed by atoms with Gasteiger partial charge < -0.3 is 10.8 Å². The zero-order valence-electron chi connectivity index (χ0n) is 12.2. The Kier molecular flexibility index (Phi) is 5.70. The van der Waals surface area contributed by atoms with Gasteiger partial charge in [0.1, 0.15) is 0 Å². The molecule has 0 aromatic heterocycles. The van der Waals surface area contributed by atoms with E-state index in [-0.39, 0.29) is 12.6 Å². The van der Waals surface area contributed by atoms with Crippen LogP contribution in [0.15, 0.2) is 18.2 Å². The molecule has 0 bridgehead atoms. The number of carbonyl (C=O) groups is 2. The first-order valence-electron chi connectivity index (χ1n) is 6.70. The summed E-state index contributed by atoms with van der Waals surface area (Å²) >= 11 is 0. The number of nitrogens with two attached hydrogens (primary N) is 1. The Morgan fingerprint density at radius 2 is 2.05 bits per heavy atom. The fourth-order valence-electron chi connectivity index (χ4n) is 2.04. The van der Waals surface area contributed by atoms with Crippen molar-refractivity contribution in [2.75, 3.05) is 6.54 Å². The van der Waals surface area contributed by atoms with Crippen molar-refractivity contribution in [2.24, 2.45) is 5.73 Å². The van der Waals surface area contributed by atoms with Gasteiger partial charge in [-0.1, -0.05) is 13.0 Å². The van der Waals surface area contributed by atoms with Crippen LogP contribution in [0.3, 0.4) is 0 Å². The third kappa shape index (κ3) is 4.35. The Labute approximate surface area is 119 Å². The van der Waals surface area contributed by atoms with E-state index < -0.39 is 11.9 Å². The van der Waals surface area contributed by atoms with Crippen molar-refractivity contribution < 1.29 is 14.7 Å². The van der Waals surface area contributed by atoms with E-state index in [2.05, 4.69) is 0 Å². The Morgan fingerprint density at radius 3 is 2.50 bits per heavy atom. The number of carboxylic acids is 1. The first-order valence-corrected chi connectivity index (χ1v) is 6.70. The molecule has 110 valence electrons. The molecule has 20 heavy (non-hydrogen) atoms. The minimum absolute atomic E-state index is 0.00597. The number of nitrogens with zero attached hydrogens (tertiary/aromatic N) is 1. The van der Waals surface area contributed by atoms with Gasteiger partial charge in [-0.2, -0.15) is 0 Å². The predicted octanol–water partition coefficient (Wildman–Crippen LogP) is 1.78. The molecule has 3 N–H and O–H groups in total. The van der Waals surface area contributed by atoms with Gasteiger partial charge in [0.05, 0.1) is 6.54 Å². The lowest BCUT2D eigenvalue weighted by atomic mass is 10.0. The number of aliphatic carboxylic acids is 1. The lowest BCUT2D eigenvalue weighted by Gasteiger charge is -2.27. The van der Waals surface area contributed by atoms with Crippen molar-refractivity contribution in [2.45, 2.75) is 39.8 Å². The first kappa shape index (κ1) is 16.2. The van der Waals surface area contributed by atoms with Crippen LogP contribution in [0.5, 0.6) is 0 Å². The van der Waals surface area contributed by atoms with E-state index in [4.69, 9.17) is 10.8 Å².